The lowest BCUT2D eigenvalue weighted by molar-refractivity contribution is 0.0915. The quantitative estimate of drug-likeness (QED) is 0.911. The van der Waals surface area contributed by atoms with Gasteiger partial charge in [0.25, 0.3) is 5.91 Å². The number of carbonyl (C=O) groups excluding carboxylic acids is 1. The van der Waals surface area contributed by atoms with Crippen molar-refractivity contribution in [2.45, 2.75) is 18.6 Å². The Morgan fingerprint density at radius 3 is 3.17 bits per heavy atom. The number of aromatic nitrogens is 2. The predicted octanol–water partition coefficient (Wildman–Crippen LogP) is 1.11. The van der Waals surface area contributed by atoms with E-state index < -0.39 is 0 Å². The number of likely N-dealkylation sites (tertiary alicyclic amines) is 1. The number of thiophene rings is 1. The molecule has 0 saturated carbocycles. The van der Waals surface area contributed by atoms with Gasteiger partial charge >= 0.3 is 0 Å². The van der Waals surface area contributed by atoms with Gasteiger partial charge in [0, 0.05) is 60.8 Å². The Balaban J connectivity index is 1.45. The number of hydrogen-bond acceptors (Lipinski definition) is 5. The molecule has 4 heterocycles. The third kappa shape index (κ3) is 2.91. The lowest BCUT2D eigenvalue weighted by Crippen LogP contribution is -2.41. The van der Waals surface area contributed by atoms with Gasteiger partial charge in [0.2, 0.25) is 0 Å². The molecule has 2 fully saturated rings. The van der Waals surface area contributed by atoms with Crippen molar-refractivity contribution >= 4 is 17.2 Å². The summed E-state index contributed by atoms with van der Waals surface area (Å²) in [6.45, 7) is 3.19. The first kappa shape index (κ1) is 14.9. The summed E-state index contributed by atoms with van der Waals surface area (Å²) in [6.07, 6.45) is 3.95. The summed E-state index contributed by atoms with van der Waals surface area (Å²) in [6, 6.07) is 2.39. The first-order valence-electron chi connectivity index (χ1n) is 7.83. The van der Waals surface area contributed by atoms with E-state index in [0.717, 1.165) is 31.9 Å². The van der Waals surface area contributed by atoms with Gasteiger partial charge in [-0.05, 0) is 11.4 Å². The molecule has 0 unspecified atom stereocenters. The van der Waals surface area contributed by atoms with Gasteiger partial charge in [0.05, 0.1) is 19.4 Å². The van der Waals surface area contributed by atoms with Crippen molar-refractivity contribution in [1.82, 2.24) is 20.0 Å². The second-order valence-electron chi connectivity index (χ2n) is 6.31. The van der Waals surface area contributed by atoms with Crippen LogP contribution in [-0.2, 0) is 18.3 Å². The molecule has 23 heavy (non-hydrogen) atoms. The average molecular weight is 332 g/mol. The summed E-state index contributed by atoms with van der Waals surface area (Å²) < 4.78 is 7.50. The fourth-order valence-corrected chi connectivity index (χ4v) is 4.25. The molecule has 0 radical (unpaired) electrons. The standard InChI is InChI=1S/C16H20N4O2S/c1-19-5-11(4-17-19)6-20-7-14(13-8-22-9-15(13)20)18-16(21)12-2-3-23-10-12/h2-5,10,13-15H,6-9H2,1H3,(H,18,21)/t13-,14-,15-/m1/s1. The van der Waals surface area contributed by atoms with E-state index in [1.54, 1.807) is 11.3 Å². The van der Waals surface area contributed by atoms with Crippen LogP contribution in [0.1, 0.15) is 15.9 Å². The third-order valence-corrected chi connectivity index (χ3v) is 5.44. The highest BCUT2D eigenvalue weighted by molar-refractivity contribution is 7.08. The smallest absolute Gasteiger partial charge is 0.252 e. The number of fused-ring (bicyclic) bond motifs is 1. The molecule has 7 heteroatoms. The van der Waals surface area contributed by atoms with Crippen LogP contribution >= 0.6 is 11.3 Å². The van der Waals surface area contributed by atoms with Crippen molar-refractivity contribution in [2.75, 3.05) is 19.8 Å². The number of hydrogen-bond donors (Lipinski definition) is 1. The van der Waals surface area contributed by atoms with Gasteiger partial charge in [-0.3, -0.25) is 14.4 Å². The monoisotopic (exact) mass is 332 g/mol. The van der Waals surface area contributed by atoms with Crippen molar-refractivity contribution in [2.24, 2.45) is 13.0 Å². The highest BCUT2D eigenvalue weighted by Crippen LogP contribution is 2.31. The zero-order valence-corrected chi connectivity index (χ0v) is 13.8. The number of aryl methyl sites for hydroxylation is 1. The van der Waals surface area contributed by atoms with Gasteiger partial charge in [-0.15, -0.1) is 0 Å². The minimum atomic E-state index is 0.0186. The zero-order valence-electron chi connectivity index (χ0n) is 13.0. The molecule has 4 rings (SSSR count). The van der Waals surface area contributed by atoms with E-state index in [1.807, 2.05) is 40.9 Å². The first-order valence-corrected chi connectivity index (χ1v) is 8.77. The summed E-state index contributed by atoms with van der Waals surface area (Å²) in [5.74, 6) is 0.388. The van der Waals surface area contributed by atoms with Gasteiger partial charge < -0.3 is 10.1 Å². The van der Waals surface area contributed by atoms with Crippen LogP contribution in [0.4, 0.5) is 0 Å². The number of nitrogens with zero attached hydrogens (tertiary/aromatic N) is 3. The van der Waals surface area contributed by atoms with Crippen LogP contribution in [0.5, 0.6) is 0 Å². The highest BCUT2D eigenvalue weighted by Gasteiger charge is 2.45. The molecule has 2 aromatic heterocycles. The maximum Gasteiger partial charge on any atom is 0.252 e. The molecule has 0 aliphatic carbocycles. The average Bonchev–Trinajstić information content (AvgIpc) is 3.28. The number of rotatable bonds is 4. The molecule has 6 nitrogen and oxygen atoms in total. The highest BCUT2D eigenvalue weighted by atomic mass is 32.1. The Bertz CT molecular complexity index is 684. The maximum atomic E-state index is 12.3. The van der Waals surface area contributed by atoms with Gasteiger partial charge in [-0.25, -0.2) is 0 Å². The summed E-state index contributed by atoms with van der Waals surface area (Å²) in [7, 11) is 1.93. The van der Waals surface area contributed by atoms with Gasteiger partial charge in [0.15, 0.2) is 0 Å². The van der Waals surface area contributed by atoms with Crippen LogP contribution in [-0.4, -0.2) is 52.4 Å². The van der Waals surface area contributed by atoms with Gasteiger partial charge in [0.1, 0.15) is 0 Å². The maximum absolute atomic E-state index is 12.3. The summed E-state index contributed by atoms with van der Waals surface area (Å²) in [5.41, 5.74) is 1.94. The minimum absolute atomic E-state index is 0.0186. The molecular weight excluding hydrogens is 312 g/mol. The molecule has 2 aliphatic heterocycles. The molecule has 1 N–H and O–H groups in total. The minimum Gasteiger partial charge on any atom is -0.379 e. The number of ether oxygens (including phenoxy) is 1. The Kier molecular flexibility index (Phi) is 3.92. The van der Waals surface area contributed by atoms with Crippen LogP contribution in [0.3, 0.4) is 0 Å². The van der Waals surface area contributed by atoms with Crippen LogP contribution in [0.25, 0.3) is 0 Å². The Morgan fingerprint density at radius 1 is 1.52 bits per heavy atom. The van der Waals surface area contributed by atoms with E-state index in [-0.39, 0.29) is 11.9 Å². The second kappa shape index (κ2) is 6.07. The molecule has 0 spiro atoms. The summed E-state index contributed by atoms with van der Waals surface area (Å²) in [5, 5.41) is 11.3. The van der Waals surface area contributed by atoms with Crippen molar-refractivity contribution in [3.8, 4) is 0 Å². The molecule has 3 atom stereocenters. The van der Waals surface area contributed by atoms with Crippen molar-refractivity contribution < 1.29 is 9.53 Å². The molecule has 2 saturated heterocycles. The molecule has 122 valence electrons. The normalized spacial score (nSPS) is 27.3. The van der Waals surface area contributed by atoms with Crippen LogP contribution in [0, 0.1) is 5.92 Å². The topological polar surface area (TPSA) is 59.4 Å². The summed E-state index contributed by atoms with van der Waals surface area (Å²) in [4.78, 5) is 14.8. The fourth-order valence-electron chi connectivity index (χ4n) is 3.61. The number of amides is 1. The lowest BCUT2D eigenvalue weighted by atomic mass is 9.99. The van der Waals surface area contributed by atoms with E-state index in [2.05, 4.69) is 15.3 Å². The van der Waals surface area contributed by atoms with Gasteiger partial charge in [-0.2, -0.15) is 16.4 Å². The van der Waals surface area contributed by atoms with E-state index in [9.17, 15) is 4.79 Å². The lowest BCUT2D eigenvalue weighted by Gasteiger charge is -2.21. The van der Waals surface area contributed by atoms with Crippen LogP contribution in [0.15, 0.2) is 29.2 Å². The second-order valence-corrected chi connectivity index (χ2v) is 7.09. The zero-order chi connectivity index (χ0) is 15.8. The molecule has 2 aromatic rings. The van der Waals surface area contributed by atoms with Crippen LogP contribution in [0.2, 0.25) is 0 Å². The third-order valence-electron chi connectivity index (χ3n) is 4.75. The summed E-state index contributed by atoms with van der Waals surface area (Å²) >= 11 is 1.54. The molecule has 2 aliphatic rings. The molecule has 0 bridgehead atoms. The Labute approximate surface area is 139 Å². The largest absolute Gasteiger partial charge is 0.379 e. The van der Waals surface area contributed by atoms with Crippen LogP contribution < -0.4 is 5.32 Å². The molecule has 0 aromatic carbocycles. The van der Waals surface area contributed by atoms with E-state index in [4.69, 9.17) is 4.74 Å². The Morgan fingerprint density at radius 2 is 2.43 bits per heavy atom. The fraction of sp³-hybridized carbons (Fsp3) is 0.500. The van der Waals surface area contributed by atoms with Gasteiger partial charge in [-0.1, -0.05) is 0 Å². The van der Waals surface area contributed by atoms with Crippen molar-refractivity contribution in [1.29, 1.82) is 0 Å². The van der Waals surface area contributed by atoms with E-state index in [1.165, 1.54) is 5.56 Å². The molecule has 1 amide bonds. The van der Waals surface area contributed by atoms with Crippen molar-refractivity contribution in [3.63, 3.8) is 0 Å². The van der Waals surface area contributed by atoms with Crippen molar-refractivity contribution in [3.05, 3.63) is 40.3 Å². The first-order chi connectivity index (χ1) is 11.2. The number of nitrogens with one attached hydrogen (secondary N) is 1. The Hall–Kier alpha value is -1.70. The number of carbonyl (C=O) groups is 1. The van der Waals surface area contributed by atoms with E-state index in [0.29, 0.717) is 12.0 Å². The predicted molar refractivity (Wildman–Crippen MR) is 87.3 cm³/mol. The SMILES string of the molecule is Cn1cc(CN2C[C@@H](NC(=O)c3ccsc3)[C@H]3COC[C@H]32)cn1. The molecular formula is C16H20N4O2S. The van der Waals surface area contributed by atoms with E-state index >= 15 is 0 Å².